The predicted molar refractivity (Wildman–Crippen MR) is 103 cm³/mol. The fraction of sp³-hybridized carbons (Fsp3) is 0.304. The third-order valence-corrected chi connectivity index (χ3v) is 6.00. The Hall–Kier alpha value is -2.88. The van der Waals surface area contributed by atoms with Crippen molar-refractivity contribution >= 4 is 17.5 Å². The second-order valence-electron chi connectivity index (χ2n) is 7.93. The Morgan fingerprint density at radius 2 is 1.37 bits per heavy atom. The molecule has 1 heterocycles. The first kappa shape index (κ1) is 16.3. The Kier molecular flexibility index (Phi) is 3.51. The van der Waals surface area contributed by atoms with Crippen LogP contribution in [0.4, 0.5) is 5.69 Å². The molecule has 27 heavy (non-hydrogen) atoms. The number of amides is 2. The summed E-state index contributed by atoms with van der Waals surface area (Å²) in [5.74, 6) is 1.49. The number of fused-ring (bicyclic) bond motifs is 5. The van der Waals surface area contributed by atoms with Gasteiger partial charge < -0.3 is 4.74 Å². The summed E-state index contributed by atoms with van der Waals surface area (Å²) in [5, 5.41) is 0. The number of hydrogen-bond acceptors (Lipinski definition) is 3. The van der Waals surface area contributed by atoms with Crippen molar-refractivity contribution in [2.45, 2.75) is 20.3 Å². The monoisotopic (exact) mass is 359 g/mol. The highest BCUT2D eigenvalue weighted by Crippen LogP contribution is 2.53. The number of benzene rings is 2. The zero-order valence-electron chi connectivity index (χ0n) is 15.4. The molecule has 2 aromatic carbocycles. The van der Waals surface area contributed by atoms with Crippen LogP contribution >= 0.6 is 0 Å². The number of carbonyl (C=O) groups excluding carboxylic acids is 2. The number of rotatable bonds is 3. The van der Waals surface area contributed by atoms with Gasteiger partial charge in [0, 0.05) is 0 Å². The van der Waals surface area contributed by atoms with E-state index in [2.05, 4.69) is 18.2 Å². The van der Waals surface area contributed by atoms with Crippen LogP contribution in [0.1, 0.15) is 17.5 Å². The Morgan fingerprint density at radius 3 is 1.93 bits per heavy atom. The molecule has 4 atom stereocenters. The van der Waals surface area contributed by atoms with Gasteiger partial charge in [0.2, 0.25) is 11.8 Å². The topological polar surface area (TPSA) is 46.6 Å². The van der Waals surface area contributed by atoms with Crippen molar-refractivity contribution < 1.29 is 14.3 Å². The zero-order chi connectivity index (χ0) is 18.7. The van der Waals surface area contributed by atoms with Gasteiger partial charge in [-0.3, -0.25) is 14.5 Å². The van der Waals surface area contributed by atoms with Gasteiger partial charge in [0.15, 0.2) is 0 Å². The van der Waals surface area contributed by atoms with Crippen LogP contribution < -0.4 is 9.64 Å². The lowest BCUT2D eigenvalue weighted by atomic mass is 9.85. The van der Waals surface area contributed by atoms with E-state index in [-0.39, 0.29) is 35.5 Å². The number of ether oxygens (including phenoxy) is 1. The van der Waals surface area contributed by atoms with Crippen LogP contribution in [-0.4, -0.2) is 11.8 Å². The number of hydrogen-bond donors (Lipinski definition) is 0. The number of carbonyl (C=O) groups is 2. The maximum Gasteiger partial charge on any atom is 0.238 e. The van der Waals surface area contributed by atoms with Gasteiger partial charge in [-0.15, -0.1) is 0 Å². The number of anilines is 1. The lowest BCUT2D eigenvalue weighted by Gasteiger charge is -2.17. The van der Waals surface area contributed by atoms with Crippen LogP contribution in [0.3, 0.4) is 0 Å². The molecule has 1 saturated heterocycles. The molecule has 2 aromatic rings. The normalized spacial score (nSPS) is 28.1. The van der Waals surface area contributed by atoms with Crippen LogP contribution in [0.5, 0.6) is 11.5 Å². The van der Waals surface area contributed by atoms with E-state index in [9.17, 15) is 9.59 Å². The van der Waals surface area contributed by atoms with E-state index < -0.39 is 0 Å². The molecule has 1 aliphatic heterocycles. The third kappa shape index (κ3) is 2.51. The highest BCUT2D eigenvalue weighted by atomic mass is 16.5. The van der Waals surface area contributed by atoms with Crippen molar-refractivity contribution in [3.63, 3.8) is 0 Å². The quantitative estimate of drug-likeness (QED) is 0.602. The number of imide groups is 1. The molecule has 0 N–H and O–H groups in total. The van der Waals surface area contributed by atoms with Crippen LogP contribution in [0.2, 0.25) is 0 Å². The van der Waals surface area contributed by atoms with E-state index in [0.717, 1.165) is 23.3 Å². The first-order valence-electron chi connectivity index (χ1n) is 9.43. The minimum absolute atomic E-state index is 0.0511. The predicted octanol–water partition coefficient (Wildman–Crippen LogP) is 4.41. The molecule has 4 heteroatoms. The molecule has 4 nitrogen and oxygen atoms in total. The van der Waals surface area contributed by atoms with Crippen molar-refractivity contribution in [2.24, 2.45) is 23.7 Å². The maximum absolute atomic E-state index is 12.9. The summed E-state index contributed by atoms with van der Waals surface area (Å²) in [6.45, 7) is 4.07. The number of aryl methyl sites for hydroxylation is 2. The van der Waals surface area contributed by atoms with Crippen molar-refractivity contribution in [3.05, 3.63) is 65.7 Å². The molecular formula is C23H21NO3. The van der Waals surface area contributed by atoms with Gasteiger partial charge in [-0.25, -0.2) is 0 Å². The largest absolute Gasteiger partial charge is 0.457 e. The molecule has 0 unspecified atom stereocenters. The molecule has 3 aliphatic rings. The van der Waals surface area contributed by atoms with E-state index in [0.29, 0.717) is 11.4 Å². The van der Waals surface area contributed by atoms with Gasteiger partial charge in [-0.1, -0.05) is 18.2 Å². The Morgan fingerprint density at radius 1 is 0.815 bits per heavy atom. The van der Waals surface area contributed by atoms with Crippen molar-refractivity contribution in [2.75, 3.05) is 4.90 Å². The highest BCUT2D eigenvalue weighted by Gasteiger charge is 2.59. The molecule has 5 rings (SSSR count). The lowest BCUT2D eigenvalue weighted by molar-refractivity contribution is -0.123. The molecule has 1 saturated carbocycles. The molecule has 2 amide bonds. The minimum atomic E-state index is -0.168. The second-order valence-corrected chi connectivity index (χ2v) is 7.93. The Bertz CT molecular complexity index is 925. The maximum atomic E-state index is 12.9. The van der Waals surface area contributed by atoms with Gasteiger partial charge in [-0.05, 0) is 79.6 Å². The van der Waals surface area contributed by atoms with Crippen LogP contribution in [0.15, 0.2) is 54.6 Å². The van der Waals surface area contributed by atoms with Gasteiger partial charge in [0.1, 0.15) is 11.5 Å². The molecule has 0 radical (unpaired) electrons. The third-order valence-electron chi connectivity index (χ3n) is 6.00. The summed E-state index contributed by atoms with van der Waals surface area (Å²) in [7, 11) is 0. The van der Waals surface area contributed by atoms with Crippen LogP contribution in [0, 0.1) is 37.5 Å². The molecular weight excluding hydrogens is 338 g/mol. The molecule has 2 aliphatic carbocycles. The minimum Gasteiger partial charge on any atom is -0.457 e. The van der Waals surface area contributed by atoms with E-state index in [1.54, 1.807) is 12.1 Å². The lowest BCUT2D eigenvalue weighted by Crippen LogP contribution is -2.32. The Balaban J connectivity index is 1.38. The highest BCUT2D eigenvalue weighted by molar-refractivity contribution is 6.22. The van der Waals surface area contributed by atoms with Gasteiger partial charge in [-0.2, -0.15) is 0 Å². The fourth-order valence-electron chi connectivity index (χ4n) is 4.95. The first-order valence-corrected chi connectivity index (χ1v) is 9.43. The zero-order valence-corrected chi connectivity index (χ0v) is 15.4. The van der Waals surface area contributed by atoms with Crippen molar-refractivity contribution in [1.82, 2.24) is 0 Å². The fourth-order valence-corrected chi connectivity index (χ4v) is 4.95. The van der Waals surface area contributed by atoms with Crippen LogP contribution in [-0.2, 0) is 9.59 Å². The van der Waals surface area contributed by atoms with E-state index in [4.69, 9.17) is 4.74 Å². The Labute approximate surface area is 158 Å². The molecule has 2 bridgehead atoms. The van der Waals surface area contributed by atoms with Gasteiger partial charge in [0.05, 0.1) is 17.5 Å². The summed E-state index contributed by atoms with van der Waals surface area (Å²) in [5.41, 5.74) is 2.92. The van der Waals surface area contributed by atoms with E-state index in [1.807, 2.05) is 38.1 Å². The first-order chi connectivity index (χ1) is 13.0. The van der Waals surface area contributed by atoms with Crippen LogP contribution in [0.25, 0.3) is 0 Å². The van der Waals surface area contributed by atoms with E-state index >= 15 is 0 Å². The summed E-state index contributed by atoms with van der Waals surface area (Å²) in [6.07, 6.45) is 5.17. The summed E-state index contributed by atoms with van der Waals surface area (Å²) >= 11 is 0. The standard InChI is InChI=1S/C23H21NO3/c1-13-9-14(2)11-19(10-13)27-18-7-5-17(6-8-18)24-22(25)20-15-3-4-16(12-15)21(20)23(24)26/h3-11,15-16,20-21H,12H2,1-2H3/t15-,16-,20+,21+/m1/s1. The molecule has 136 valence electrons. The number of nitrogens with zero attached hydrogens (tertiary/aromatic N) is 1. The van der Waals surface area contributed by atoms with Crippen molar-refractivity contribution in [3.8, 4) is 11.5 Å². The summed E-state index contributed by atoms with van der Waals surface area (Å²) < 4.78 is 5.93. The summed E-state index contributed by atoms with van der Waals surface area (Å²) in [6, 6.07) is 13.3. The molecule has 0 aromatic heterocycles. The smallest absolute Gasteiger partial charge is 0.238 e. The molecule has 2 fully saturated rings. The second kappa shape index (κ2) is 5.81. The SMILES string of the molecule is Cc1cc(C)cc(Oc2ccc(N3C(=O)[C@@H]4[C@@H](C3=O)[C@@H]3C=C[C@@H]4C3)cc2)c1. The van der Waals surface area contributed by atoms with Gasteiger partial charge in [0.25, 0.3) is 0 Å². The molecule has 0 spiro atoms. The summed E-state index contributed by atoms with van der Waals surface area (Å²) in [4.78, 5) is 27.1. The van der Waals surface area contributed by atoms with Crippen molar-refractivity contribution in [1.29, 1.82) is 0 Å². The number of allylic oxidation sites excluding steroid dienone is 2. The van der Waals surface area contributed by atoms with E-state index in [1.165, 1.54) is 4.90 Å². The average molecular weight is 359 g/mol. The average Bonchev–Trinajstić information content (AvgIpc) is 3.29. The van der Waals surface area contributed by atoms with Gasteiger partial charge >= 0.3 is 0 Å².